The standard InChI is InChI=1S/C13H19N3/c1-10-4-6-16(7-5-10)13-14-8-12(9-15-13)11-2-3-11/h8-11H,2-7H2,1H3. The smallest absolute Gasteiger partial charge is 0.225 e. The number of anilines is 1. The van der Waals surface area contributed by atoms with E-state index in [0.29, 0.717) is 0 Å². The van der Waals surface area contributed by atoms with Crippen LogP contribution in [0.3, 0.4) is 0 Å². The van der Waals surface area contributed by atoms with Gasteiger partial charge in [0.2, 0.25) is 5.95 Å². The monoisotopic (exact) mass is 217 g/mol. The Labute approximate surface area is 96.9 Å². The van der Waals surface area contributed by atoms with Crippen molar-refractivity contribution in [1.29, 1.82) is 0 Å². The number of nitrogens with zero attached hydrogens (tertiary/aromatic N) is 3. The van der Waals surface area contributed by atoms with Crippen LogP contribution in [0.5, 0.6) is 0 Å². The summed E-state index contributed by atoms with van der Waals surface area (Å²) in [6, 6.07) is 0. The van der Waals surface area contributed by atoms with Crippen molar-refractivity contribution in [2.24, 2.45) is 5.92 Å². The van der Waals surface area contributed by atoms with Gasteiger partial charge in [-0.2, -0.15) is 0 Å². The van der Waals surface area contributed by atoms with E-state index in [4.69, 9.17) is 0 Å². The second kappa shape index (κ2) is 4.04. The van der Waals surface area contributed by atoms with Crippen LogP contribution < -0.4 is 4.90 Å². The van der Waals surface area contributed by atoms with Crippen LogP contribution in [0.15, 0.2) is 12.4 Å². The van der Waals surface area contributed by atoms with Crippen LogP contribution in [-0.4, -0.2) is 23.1 Å². The summed E-state index contributed by atoms with van der Waals surface area (Å²) in [4.78, 5) is 11.3. The molecule has 1 saturated heterocycles. The first kappa shape index (κ1) is 10.1. The molecule has 86 valence electrons. The first-order chi connectivity index (χ1) is 7.83. The minimum atomic E-state index is 0.760. The molecule has 1 aromatic heterocycles. The van der Waals surface area contributed by atoms with Crippen LogP contribution in [0.2, 0.25) is 0 Å². The van der Waals surface area contributed by atoms with E-state index in [1.54, 1.807) is 0 Å². The molecule has 0 N–H and O–H groups in total. The summed E-state index contributed by atoms with van der Waals surface area (Å²) in [7, 11) is 0. The van der Waals surface area contributed by atoms with E-state index in [1.807, 2.05) is 12.4 Å². The van der Waals surface area contributed by atoms with Gasteiger partial charge in [0.25, 0.3) is 0 Å². The molecule has 3 nitrogen and oxygen atoms in total. The second-order valence-electron chi connectivity index (χ2n) is 5.26. The fourth-order valence-corrected chi connectivity index (χ4v) is 2.33. The zero-order chi connectivity index (χ0) is 11.0. The maximum Gasteiger partial charge on any atom is 0.225 e. The Balaban J connectivity index is 1.69. The number of hydrogen-bond donors (Lipinski definition) is 0. The first-order valence-corrected chi connectivity index (χ1v) is 6.40. The Kier molecular flexibility index (Phi) is 2.54. The highest BCUT2D eigenvalue weighted by Gasteiger charge is 2.24. The van der Waals surface area contributed by atoms with Gasteiger partial charge >= 0.3 is 0 Å². The molecule has 1 aliphatic heterocycles. The molecule has 0 unspecified atom stereocenters. The van der Waals surface area contributed by atoms with Crippen LogP contribution in [0.1, 0.15) is 44.1 Å². The molecule has 0 spiro atoms. The summed E-state index contributed by atoms with van der Waals surface area (Å²) < 4.78 is 0. The zero-order valence-corrected chi connectivity index (χ0v) is 9.89. The van der Waals surface area contributed by atoms with Gasteiger partial charge in [-0.25, -0.2) is 9.97 Å². The van der Waals surface area contributed by atoms with Crippen LogP contribution in [0.25, 0.3) is 0 Å². The van der Waals surface area contributed by atoms with E-state index in [1.165, 1.54) is 31.2 Å². The van der Waals surface area contributed by atoms with Crippen LogP contribution in [0.4, 0.5) is 5.95 Å². The second-order valence-corrected chi connectivity index (χ2v) is 5.26. The van der Waals surface area contributed by atoms with Crippen molar-refractivity contribution in [2.75, 3.05) is 18.0 Å². The van der Waals surface area contributed by atoms with E-state index >= 15 is 0 Å². The molecule has 2 heterocycles. The van der Waals surface area contributed by atoms with Crippen molar-refractivity contribution in [3.05, 3.63) is 18.0 Å². The number of piperidine rings is 1. The average Bonchev–Trinajstić information content (AvgIpc) is 3.14. The van der Waals surface area contributed by atoms with Crippen molar-refractivity contribution in [3.63, 3.8) is 0 Å². The van der Waals surface area contributed by atoms with E-state index in [-0.39, 0.29) is 0 Å². The van der Waals surface area contributed by atoms with Gasteiger partial charge in [0.1, 0.15) is 0 Å². The van der Waals surface area contributed by atoms with Crippen LogP contribution in [0, 0.1) is 5.92 Å². The summed E-state index contributed by atoms with van der Waals surface area (Å²) in [5.41, 5.74) is 1.33. The van der Waals surface area contributed by atoms with Gasteiger partial charge < -0.3 is 4.90 Å². The van der Waals surface area contributed by atoms with E-state index < -0.39 is 0 Å². The Bertz CT molecular complexity index is 348. The molecule has 2 aliphatic rings. The topological polar surface area (TPSA) is 29.0 Å². The Morgan fingerprint density at radius 3 is 2.25 bits per heavy atom. The SMILES string of the molecule is CC1CCN(c2ncc(C3CC3)cn2)CC1. The van der Waals surface area contributed by atoms with Crippen molar-refractivity contribution < 1.29 is 0 Å². The molecule has 0 aromatic carbocycles. The highest BCUT2D eigenvalue weighted by atomic mass is 15.2. The van der Waals surface area contributed by atoms with Gasteiger partial charge in [0.15, 0.2) is 0 Å². The lowest BCUT2D eigenvalue weighted by Gasteiger charge is -2.30. The molecule has 0 amide bonds. The normalized spacial score (nSPS) is 22.4. The Hall–Kier alpha value is -1.12. The molecule has 1 saturated carbocycles. The fraction of sp³-hybridized carbons (Fsp3) is 0.692. The summed E-state index contributed by atoms with van der Waals surface area (Å²) in [5.74, 6) is 2.55. The predicted molar refractivity (Wildman–Crippen MR) is 64.6 cm³/mol. The average molecular weight is 217 g/mol. The van der Waals surface area contributed by atoms with Gasteiger partial charge in [0, 0.05) is 25.5 Å². The lowest BCUT2D eigenvalue weighted by atomic mass is 10.00. The Morgan fingerprint density at radius 2 is 1.69 bits per heavy atom. The third-order valence-corrected chi connectivity index (χ3v) is 3.77. The van der Waals surface area contributed by atoms with Crippen molar-refractivity contribution >= 4 is 5.95 Å². The summed E-state index contributed by atoms with van der Waals surface area (Å²) >= 11 is 0. The highest BCUT2D eigenvalue weighted by molar-refractivity contribution is 5.31. The maximum absolute atomic E-state index is 4.50. The van der Waals surface area contributed by atoms with E-state index in [2.05, 4.69) is 21.8 Å². The zero-order valence-electron chi connectivity index (χ0n) is 9.89. The van der Waals surface area contributed by atoms with Crippen LogP contribution in [-0.2, 0) is 0 Å². The van der Waals surface area contributed by atoms with Crippen LogP contribution >= 0.6 is 0 Å². The quantitative estimate of drug-likeness (QED) is 0.762. The number of rotatable bonds is 2. The van der Waals surface area contributed by atoms with Gasteiger partial charge in [-0.05, 0) is 43.1 Å². The minimum Gasteiger partial charge on any atom is -0.341 e. The van der Waals surface area contributed by atoms with E-state index in [0.717, 1.165) is 30.9 Å². The molecule has 1 aromatic rings. The summed E-state index contributed by atoms with van der Waals surface area (Å²) in [5, 5.41) is 0. The third-order valence-electron chi connectivity index (χ3n) is 3.77. The number of aromatic nitrogens is 2. The lowest BCUT2D eigenvalue weighted by Crippen LogP contribution is -2.34. The first-order valence-electron chi connectivity index (χ1n) is 6.40. The highest BCUT2D eigenvalue weighted by Crippen LogP contribution is 2.39. The van der Waals surface area contributed by atoms with Crippen molar-refractivity contribution in [1.82, 2.24) is 9.97 Å². The largest absolute Gasteiger partial charge is 0.341 e. The van der Waals surface area contributed by atoms with E-state index in [9.17, 15) is 0 Å². The van der Waals surface area contributed by atoms with Gasteiger partial charge in [-0.15, -0.1) is 0 Å². The Morgan fingerprint density at radius 1 is 1.06 bits per heavy atom. The minimum absolute atomic E-state index is 0.760. The molecule has 3 rings (SSSR count). The van der Waals surface area contributed by atoms with Gasteiger partial charge in [0.05, 0.1) is 0 Å². The molecule has 3 heteroatoms. The molecular weight excluding hydrogens is 198 g/mol. The summed E-state index contributed by atoms with van der Waals surface area (Å²) in [6.45, 7) is 4.56. The predicted octanol–water partition coefficient (Wildman–Crippen LogP) is 2.59. The summed E-state index contributed by atoms with van der Waals surface area (Å²) in [6.07, 6.45) is 9.24. The molecule has 0 atom stereocenters. The fourth-order valence-electron chi connectivity index (χ4n) is 2.33. The lowest BCUT2D eigenvalue weighted by molar-refractivity contribution is 0.434. The molecular formula is C13H19N3. The van der Waals surface area contributed by atoms with Crippen molar-refractivity contribution in [2.45, 2.75) is 38.5 Å². The molecule has 0 bridgehead atoms. The molecule has 2 fully saturated rings. The van der Waals surface area contributed by atoms with Gasteiger partial charge in [-0.3, -0.25) is 0 Å². The van der Waals surface area contributed by atoms with Crippen molar-refractivity contribution in [3.8, 4) is 0 Å². The number of hydrogen-bond acceptors (Lipinski definition) is 3. The van der Waals surface area contributed by atoms with Gasteiger partial charge in [-0.1, -0.05) is 6.92 Å². The third kappa shape index (κ3) is 2.04. The molecule has 1 aliphatic carbocycles. The molecule has 0 radical (unpaired) electrons. The maximum atomic E-state index is 4.50. The molecule has 16 heavy (non-hydrogen) atoms.